The van der Waals surface area contributed by atoms with E-state index in [1.54, 1.807) is 8.99 Å². The van der Waals surface area contributed by atoms with Crippen LogP contribution in [0.2, 0.25) is 0 Å². The van der Waals surface area contributed by atoms with Crippen LogP contribution >= 0.6 is 0 Å². The Bertz CT molecular complexity index is 827. The molecule has 3 heterocycles. The Morgan fingerprint density at radius 1 is 1.32 bits per heavy atom. The fraction of sp³-hybridized carbons (Fsp3) is 0.600. The minimum Gasteiger partial charge on any atom is -0.250 e. The Morgan fingerprint density at radius 2 is 2.05 bits per heavy atom. The second-order valence-electron chi connectivity index (χ2n) is 6.54. The normalized spacial score (nSPS) is 24.0. The summed E-state index contributed by atoms with van der Waals surface area (Å²) in [4.78, 5) is 4.79. The topological polar surface area (TPSA) is 68.1 Å². The second kappa shape index (κ2) is 5.03. The molecule has 0 bridgehead atoms. The zero-order valence-electron chi connectivity index (χ0n) is 13.5. The summed E-state index contributed by atoms with van der Waals surface area (Å²) in [5.41, 5.74) is 2.50. The Kier molecular flexibility index (Phi) is 3.52. The van der Waals surface area contributed by atoms with E-state index in [1.807, 2.05) is 26.1 Å². The number of aromatic nitrogens is 3. The summed E-state index contributed by atoms with van der Waals surface area (Å²) in [5, 5.41) is 5.45. The Balaban J connectivity index is 2.03. The predicted octanol–water partition coefficient (Wildman–Crippen LogP) is 1.59. The quantitative estimate of drug-likeness (QED) is 0.842. The van der Waals surface area contributed by atoms with Crippen LogP contribution < -0.4 is 0 Å². The van der Waals surface area contributed by atoms with Crippen molar-refractivity contribution in [2.45, 2.75) is 32.1 Å². The van der Waals surface area contributed by atoms with E-state index in [-0.39, 0.29) is 5.41 Å². The largest absolute Gasteiger partial charge is 0.250 e. The smallest absolute Gasteiger partial charge is 0.211 e. The first-order chi connectivity index (χ1) is 10.2. The van der Waals surface area contributed by atoms with Crippen LogP contribution in [0.15, 0.2) is 12.1 Å². The summed E-state index contributed by atoms with van der Waals surface area (Å²) in [6, 6.07) is 4.06. The molecule has 1 aliphatic heterocycles. The molecule has 0 radical (unpaired) electrons. The third-order valence-corrected chi connectivity index (χ3v) is 5.87. The third-order valence-electron chi connectivity index (χ3n) is 4.62. The molecule has 1 aliphatic rings. The minimum absolute atomic E-state index is 0.256. The first-order valence-electron chi connectivity index (χ1n) is 7.47. The lowest BCUT2D eigenvalue weighted by Crippen LogP contribution is -2.47. The average Bonchev–Trinajstić information content (AvgIpc) is 2.73. The molecular weight excluding hydrogens is 300 g/mol. The molecule has 1 saturated heterocycles. The van der Waals surface area contributed by atoms with E-state index in [0.29, 0.717) is 13.1 Å². The van der Waals surface area contributed by atoms with Gasteiger partial charge in [0.2, 0.25) is 10.0 Å². The van der Waals surface area contributed by atoms with Crippen LogP contribution in [-0.4, -0.2) is 46.8 Å². The molecule has 0 aliphatic carbocycles. The first kappa shape index (κ1) is 15.4. The standard InChI is InChI=1S/C15H22N4O2S/c1-11-12-6-7-13(16-14(12)18(3)17-11)15(2)8-5-9-19(10-15)22(4,20)21/h6-7H,5,8-10H2,1-4H3/t15-/m0/s1. The van der Waals surface area contributed by atoms with Crippen molar-refractivity contribution in [3.05, 3.63) is 23.5 Å². The highest BCUT2D eigenvalue weighted by Crippen LogP contribution is 2.34. The number of piperidine rings is 1. The summed E-state index contributed by atoms with van der Waals surface area (Å²) < 4.78 is 27.1. The van der Waals surface area contributed by atoms with E-state index >= 15 is 0 Å². The monoisotopic (exact) mass is 322 g/mol. The van der Waals surface area contributed by atoms with Crippen molar-refractivity contribution in [1.29, 1.82) is 0 Å². The van der Waals surface area contributed by atoms with Crippen LogP contribution in [0.3, 0.4) is 0 Å². The molecule has 0 amide bonds. The van der Waals surface area contributed by atoms with Crippen LogP contribution in [0.1, 0.15) is 31.2 Å². The summed E-state index contributed by atoms with van der Waals surface area (Å²) in [6.45, 7) is 5.15. The van der Waals surface area contributed by atoms with Gasteiger partial charge in [-0.15, -0.1) is 0 Å². The fourth-order valence-electron chi connectivity index (χ4n) is 3.32. The van der Waals surface area contributed by atoms with Crippen molar-refractivity contribution in [2.24, 2.45) is 7.05 Å². The zero-order chi connectivity index (χ0) is 16.1. The predicted molar refractivity (Wildman–Crippen MR) is 86.2 cm³/mol. The molecule has 0 spiro atoms. The van der Waals surface area contributed by atoms with Gasteiger partial charge in [-0.25, -0.2) is 17.7 Å². The highest BCUT2D eigenvalue weighted by Gasteiger charge is 2.37. The number of hydrogen-bond acceptors (Lipinski definition) is 4. The van der Waals surface area contributed by atoms with E-state index in [4.69, 9.17) is 4.98 Å². The Labute approximate surface area is 131 Å². The Hall–Kier alpha value is -1.47. The third kappa shape index (κ3) is 2.52. The van der Waals surface area contributed by atoms with Crippen LogP contribution in [0.25, 0.3) is 11.0 Å². The molecular formula is C15H22N4O2S. The summed E-state index contributed by atoms with van der Waals surface area (Å²) >= 11 is 0. The van der Waals surface area contributed by atoms with Crippen molar-refractivity contribution in [2.75, 3.05) is 19.3 Å². The SMILES string of the molecule is Cc1nn(C)c2nc([C@@]3(C)CCCN(S(C)(=O)=O)C3)ccc12. The van der Waals surface area contributed by atoms with Crippen LogP contribution in [-0.2, 0) is 22.5 Å². The Morgan fingerprint density at radius 3 is 2.73 bits per heavy atom. The number of fused-ring (bicyclic) bond motifs is 1. The van der Waals surface area contributed by atoms with E-state index in [1.165, 1.54) is 6.26 Å². The van der Waals surface area contributed by atoms with Crippen molar-refractivity contribution in [3.63, 3.8) is 0 Å². The van der Waals surface area contributed by atoms with Crippen molar-refractivity contribution >= 4 is 21.1 Å². The molecule has 1 fully saturated rings. The molecule has 7 heteroatoms. The highest BCUT2D eigenvalue weighted by molar-refractivity contribution is 7.88. The molecule has 2 aromatic rings. The number of hydrogen-bond donors (Lipinski definition) is 0. The minimum atomic E-state index is -3.16. The van der Waals surface area contributed by atoms with Gasteiger partial charge in [-0.2, -0.15) is 5.10 Å². The molecule has 6 nitrogen and oxygen atoms in total. The number of sulfonamides is 1. The van der Waals surface area contributed by atoms with E-state index < -0.39 is 10.0 Å². The molecule has 0 aromatic carbocycles. The van der Waals surface area contributed by atoms with Crippen LogP contribution in [0.4, 0.5) is 0 Å². The van der Waals surface area contributed by atoms with E-state index in [2.05, 4.69) is 12.0 Å². The lowest BCUT2D eigenvalue weighted by molar-refractivity contribution is 0.237. The van der Waals surface area contributed by atoms with Gasteiger partial charge in [-0.3, -0.25) is 4.68 Å². The van der Waals surface area contributed by atoms with Gasteiger partial charge >= 0.3 is 0 Å². The number of rotatable bonds is 2. The lowest BCUT2D eigenvalue weighted by Gasteiger charge is -2.38. The molecule has 2 aromatic heterocycles. The maximum absolute atomic E-state index is 11.9. The molecule has 22 heavy (non-hydrogen) atoms. The zero-order valence-corrected chi connectivity index (χ0v) is 14.3. The molecule has 1 atom stereocenters. The summed E-state index contributed by atoms with van der Waals surface area (Å²) in [6.07, 6.45) is 3.07. The molecule has 120 valence electrons. The van der Waals surface area contributed by atoms with Gasteiger partial charge in [0.25, 0.3) is 0 Å². The second-order valence-corrected chi connectivity index (χ2v) is 8.52. The average molecular weight is 322 g/mol. The summed E-state index contributed by atoms with van der Waals surface area (Å²) in [5.74, 6) is 0. The van der Waals surface area contributed by atoms with Crippen LogP contribution in [0.5, 0.6) is 0 Å². The van der Waals surface area contributed by atoms with Gasteiger partial charge in [0.15, 0.2) is 5.65 Å². The van der Waals surface area contributed by atoms with Gasteiger partial charge in [0, 0.05) is 30.9 Å². The van der Waals surface area contributed by atoms with E-state index in [9.17, 15) is 8.42 Å². The maximum atomic E-state index is 11.9. The maximum Gasteiger partial charge on any atom is 0.211 e. The van der Waals surface area contributed by atoms with Gasteiger partial charge < -0.3 is 0 Å². The first-order valence-corrected chi connectivity index (χ1v) is 9.31. The van der Waals surface area contributed by atoms with Crippen molar-refractivity contribution in [3.8, 4) is 0 Å². The van der Waals surface area contributed by atoms with Gasteiger partial charge in [0.05, 0.1) is 17.6 Å². The van der Waals surface area contributed by atoms with Crippen molar-refractivity contribution < 1.29 is 8.42 Å². The number of pyridine rings is 1. The van der Waals surface area contributed by atoms with Gasteiger partial charge in [0.1, 0.15) is 0 Å². The molecule has 3 rings (SSSR count). The fourth-order valence-corrected chi connectivity index (χ4v) is 4.31. The molecule has 0 saturated carbocycles. The lowest BCUT2D eigenvalue weighted by atomic mass is 9.79. The summed E-state index contributed by atoms with van der Waals surface area (Å²) in [7, 11) is -1.28. The van der Waals surface area contributed by atoms with Crippen LogP contribution in [0, 0.1) is 6.92 Å². The number of aryl methyl sites for hydroxylation is 2. The van der Waals surface area contributed by atoms with Gasteiger partial charge in [-0.1, -0.05) is 6.92 Å². The highest BCUT2D eigenvalue weighted by atomic mass is 32.2. The van der Waals surface area contributed by atoms with Gasteiger partial charge in [-0.05, 0) is 31.9 Å². The van der Waals surface area contributed by atoms with E-state index in [0.717, 1.165) is 35.3 Å². The van der Waals surface area contributed by atoms with Crippen molar-refractivity contribution in [1.82, 2.24) is 19.1 Å². The molecule has 0 N–H and O–H groups in total. The number of nitrogens with zero attached hydrogens (tertiary/aromatic N) is 4. The molecule has 0 unspecified atom stereocenters.